The minimum absolute atomic E-state index is 0.0544. The summed E-state index contributed by atoms with van der Waals surface area (Å²) in [6.45, 7) is 10.7. The molecule has 0 bridgehead atoms. The summed E-state index contributed by atoms with van der Waals surface area (Å²) in [6.07, 6.45) is 4.23. The van der Waals surface area contributed by atoms with Crippen LogP contribution in [0.5, 0.6) is 11.5 Å². The highest BCUT2D eigenvalue weighted by molar-refractivity contribution is 6.52. The number of carbonyl (C=O) groups excluding carboxylic acids is 4. The van der Waals surface area contributed by atoms with Crippen molar-refractivity contribution >= 4 is 108 Å². The number of pyridine rings is 4. The van der Waals surface area contributed by atoms with Crippen LogP contribution >= 0.6 is 0 Å². The van der Waals surface area contributed by atoms with Crippen LogP contribution in [0.2, 0.25) is 11.6 Å². The van der Waals surface area contributed by atoms with Gasteiger partial charge in [0.2, 0.25) is 0 Å². The fourth-order valence-corrected chi connectivity index (χ4v) is 10.1. The van der Waals surface area contributed by atoms with Crippen LogP contribution < -0.4 is 31.4 Å². The number of fused-ring (bicyclic) bond motifs is 2. The zero-order valence-corrected chi connectivity index (χ0v) is 58.7. The number of Topliss-reactive ketones (excluding diaryl/α,β-unsaturated/α-hetero) is 2. The number of aromatic carboxylic acids is 2. The number of ether oxygens (including phenoxy) is 2. The quantitative estimate of drug-likeness (QED) is 0.0130. The first-order valence-corrected chi connectivity index (χ1v) is 32.5. The molecule has 2 amide bonds. The van der Waals surface area contributed by atoms with E-state index in [0.29, 0.717) is 22.3 Å². The van der Waals surface area contributed by atoms with Crippen molar-refractivity contribution in [3.63, 3.8) is 0 Å². The van der Waals surface area contributed by atoms with Gasteiger partial charge < -0.3 is 80.8 Å². The summed E-state index contributed by atoms with van der Waals surface area (Å²) >= 11 is 0. The summed E-state index contributed by atoms with van der Waals surface area (Å²) in [4.78, 5) is 120. The molecule has 0 aliphatic carbocycles. The molecule has 0 unspecified atom stereocenters. The van der Waals surface area contributed by atoms with Crippen LogP contribution in [0.1, 0.15) is 120 Å². The Labute approximate surface area is 616 Å². The molecule has 34 nitrogen and oxygen atoms in total. The zero-order valence-electron chi connectivity index (χ0n) is 58.7. The summed E-state index contributed by atoms with van der Waals surface area (Å²) in [5.41, 5.74) is 12.6. The fourth-order valence-electron chi connectivity index (χ4n) is 10.1. The number of hydrogen-bond acceptors (Lipinski definition) is 28. The molecule has 0 fully saturated rings. The molecular formula is C72H74B2N12O22. The maximum absolute atomic E-state index is 12.6. The second-order valence-corrected chi connectivity index (χ2v) is 25.4. The number of carboxylic acids is 4. The largest absolute Gasteiger partial charge is 0.535 e. The Kier molecular flexibility index (Phi) is 28.9. The third-order valence-corrected chi connectivity index (χ3v) is 14.8. The number of nitrogens with one attached hydrogen (secondary N) is 2. The van der Waals surface area contributed by atoms with Crippen molar-refractivity contribution in [3.8, 4) is 11.5 Å². The predicted molar refractivity (Wildman–Crippen MR) is 391 cm³/mol. The topological polar surface area (TPSA) is 531 Å². The third kappa shape index (κ3) is 24.8. The Morgan fingerprint density at radius 2 is 0.824 bits per heavy atom. The Hall–Kier alpha value is -13.6. The van der Waals surface area contributed by atoms with E-state index in [9.17, 15) is 79.2 Å². The van der Waals surface area contributed by atoms with E-state index in [1.807, 2.05) is 60.7 Å². The minimum Gasteiger partial charge on any atom is -0.535 e. The van der Waals surface area contributed by atoms with Crippen LogP contribution in [0, 0.1) is 0 Å². The van der Waals surface area contributed by atoms with Crippen molar-refractivity contribution < 1.29 is 108 Å². The number of para-hydroxylation sites is 2. The number of carbonyl (C=O) groups is 8. The number of ketones is 2. The number of nitrogens with zero attached hydrogens (tertiary/aromatic N) is 8. The lowest BCUT2D eigenvalue weighted by Gasteiger charge is -2.28. The molecule has 0 spiro atoms. The summed E-state index contributed by atoms with van der Waals surface area (Å²) in [6, 6.07) is 39.1. The van der Waals surface area contributed by atoms with Gasteiger partial charge in [0.1, 0.15) is 59.2 Å². The van der Waals surface area contributed by atoms with Gasteiger partial charge in [-0.1, -0.05) is 106 Å². The van der Waals surface area contributed by atoms with Gasteiger partial charge in [-0.05, 0) is 137 Å². The van der Waals surface area contributed by atoms with E-state index < -0.39 is 84.7 Å². The van der Waals surface area contributed by atoms with Crippen LogP contribution in [0.25, 0.3) is 0 Å². The molecule has 2 atom stereocenters. The molecule has 10 rings (SSSR count). The number of amides is 2. The number of oxime groups is 4. The maximum atomic E-state index is 12.6. The van der Waals surface area contributed by atoms with Crippen molar-refractivity contribution in [2.24, 2.45) is 20.6 Å². The minimum atomic E-state index is -1.37. The fraction of sp³-hybridized carbons (Fsp3) is 0.222. The molecule has 560 valence electrons. The molecular weight excluding hydrogens is 1410 g/mol. The molecule has 0 radical (unpaired) electrons. The number of rotatable bonds is 22. The number of benzene rings is 4. The van der Waals surface area contributed by atoms with Crippen LogP contribution in [0.4, 0.5) is 32.9 Å². The van der Waals surface area contributed by atoms with Gasteiger partial charge in [0.25, 0.3) is 0 Å². The van der Waals surface area contributed by atoms with E-state index in [1.165, 1.54) is 85.5 Å². The summed E-state index contributed by atoms with van der Waals surface area (Å²) < 4.78 is 21.0. The van der Waals surface area contributed by atoms with Crippen LogP contribution in [0.15, 0.2) is 191 Å². The normalized spacial score (nSPS) is 14.0. The van der Waals surface area contributed by atoms with Gasteiger partial charge in [-0.3, -0.25) is 20.2 Å². The Bertz CT molecular complexity index is 4400. The molecule has 8 aromatic rings. The third-order valence-electron chi connectivity index (χ3n) is 14.8. The molecule has 2 aliphatic heterocycles. The van der Waals surface area contributed by atoms with Crippen molar-refractivity contribution in [3.05, 3.63) is 226 Å². The average molecular weight is 1480 g/mol. The Morgan fingerprint density at radius 3 is 1.14 bits per heavy atom. The van der Waals surface area contributed by atoms with Crippen molar-refractivity contribution in [1.82, 2.24) is 19.9 Å². The molecule has 6 heterocycles. The maximum Gasteiger partial charge on any atom is 0.526 e. The molecule has 2 aliphatic rings. The highest BCUT2D eigenvalue weighted by atomic mass is 16.6. The average Bonchev–Trinajstić information content (AvgIpc) is 0.801. The summed E-state index contributed by atoms with van der Waals surface area (Å²) in [7, 11) is -2.74. The highest BCUT2D eigenvalue weighted by Gasteiger charge is 2.40. The second kappa shape index (κ2) is 38.2. The number of aliphatic carboxylic acids is 2. The number of aromatic nitrogens is 4. The van der Waals surface area contributed by atoms with Crippen LogP contribution in [0.3, 0.4) is 0 Å². The van der Waals surface area contributed by atoms with Gasteiger partial charge in [-0.15, -0.1) is 0 Å². The van der Waals surface area contributed by atoms with Crippen LogP contribution in [-0.4, -0.2) is 157 Å². The molecule has 0 saturated heterocycles. The zero-order chi connectivity index (χ0) is 78.8. The van der Waals surface area contributed by atoms with E-state index in [2.05, 4.69) is 51.2 Å². The number of carboxylic acid groups (broad SMARTS) is 4. The summed E-state index contributed by atoms with van der Waals surface area (Å²) in [5, 5.41) is 94.6. The predicted octanol–water partition coefficient (Wildman–Crippen LogP) is 8.84. The highest BCUT2D eigenvalue weighted by Crippen LogP contribution is 2.38. The van der Waals surface area contributed by atoms with Gasteiger partial charge >= 0.3 is 50.3 Å². The molecule has 4 aromatic carbocycles. The Morgan fingerprint density at radius 1 is 0.481 bits per heavy atom. The smallest absolute Gasteiger partial charge is 0.526 e. The van der Waals surface area contributed by atoms with Gasteiger partial charge in [0, 0.05) is 71.5 Å². The van der Waals surface area contributed by atoms with E-state index >= 15 is 0 Å². The number of nitrogens with two attached hydrogens (primary N) is 2. The first-order valence-electron chi connectivity index (χ1n) is 32.5. The van der Waals surface area contributed by atoms with E-state index in [0.717, 1.165) is 11.1 Å². The molecule has 108 heavy (non-hydrogen) atoms. The molecule has 4 aromatic heterocycles. The molecule has 14 N–H and O–H groups in total. The standard InChI is InChI=1S/2C19H21N3O5.2C17H16BN3O6/c2*1-19(2,3)27-18(25)21-15-11-14(9-10-20-15)16(17(23)24)22-26-12-13-7-5-4-6-8-13;2*19-14-7-9(4-5-20-14)15(21-26)13(22)8-11-6-10-2-1-3-12(17(23)24)16(10)27-18(11)25/h2*4-11H,12H2,1-3H3,(H,23,24)(H,20,21,25);2*1-5,7,11,25-26H,6,8H2,(H2,19,20)(H,23,24)/b2*22-16-;21-15+;21-15-/t;;2*11-/m..11/s1. The van der Waals surface area contributed by atoms with Crippen LogP contribution in [-0.2, 0) is 64.4 Å². The first kappa shape index (κ1) is 81.7. The van der Waals surface area contributed by atoms with Crippen molar-refractivity contribution in [2.45, 2.75) is 103 Å². The number of nitrogen functional groups attached to an aromatic ring is 2. The monoisotopic (exact) mass is 1480 g/mol. The second-order valence-electron chi connectivity index (χ2n) is 25.4. The van der Waals surface area contributed by atoms with E-state index in [1.54, 1.807) is 65.8 Å². The SMILES string of the molecule is CC(C)(C)OC(=O)Nc1cc(/C(=N/OCc2ccccc2)C(=O)O)ccn1.CC(C)(C)OC(=O)Nc1cc(/C(=N/OCc2ccccc2)C(=O)O)ccn1.Nc1cc(/C(=N/O)C(=O)C[C@H]2Cc3cccc(C(=O)O)c3OB2O)ccn1.Nc1cc(/C(=N\O)C(=O)C[C@H]2Cc3cccc(C(=O)O)c3OB2O)ccn1. The Balaban J connectivity index is 0.000000201. The molecule has 0 saturated carbocycles. The van der Waals surface area contributed by atoms with Crippen molar-refractivity contribution in [1.29, 1.82) is 0 Å². The lowest BCUT2D eigenvalue weighted by molar-refractivity contribution is -0.130. The number of anilines is 4. The summed E-state index contributed by atoms with van der Waals surface area (Å²) in [5.74, 6) is -6.38. The van der Waals surface area contributed by atoms with Gasteiger partial charge in [-0.25, -0.2) is 48.7 Å². The number of hydrogen-bond donors (Lipinski definition) is 12. The van der Waals surface area contributed by atoms with Gasteiger partial charge in [-0.2, -0.15) is 0 Å². The van der Waals surface area contributed by atoms with Gasteiger partial charge in [0.05, 0.1) is 11.1 Å². The molecule has 36 heteroatoms. The lowest BCUT2D eigenvalue weighted by atomic mass is 9.64. The lowest BCUT2D eigenvalue weighted by Crippen LogP contribution is -2.36. The van der Waals surface area contributed by atoms with Crippen molar-refractivity contribution in [2.75, 3.05) is 22.1 Å². The van der Waals surface area contributed by atoms with E-state index in [-0.39, 0.29) is 119 Å². The van der Waals surface area contributed by atoms with E-state index in [4.69, 9.17) is 39.9 Å². The van der Waals surface area contributed by atoms with Gasteiger partial charge in [0.15, 0.2) is 34.4 Å². The first-order chi connectivity index (χ1) is 51.3.